The number of nitrogens with zero attached hydrogens (tertiary/aromatic N) is 5. The zero-order valence-corrected chi connectivity index (χ0v) is 15.8. The lowest BCUT2D eigenvalue weighted by molar-refractivity contribution is 0.0717. The Kier molecular flexibility index (Phi) is 4.63. The molecule has 0 unspecified atom stereocenters. The quantitative estimate of drug-likeness (QED) is 0.682. The zero-order chi connectivity index (χ0) is 19.1. The first-order valence-corrected chi connectivity index (χ1v) is 9.60. The number of likely N-dealkylation sites (tertiary alicyclic amines) is 1. The fourth-order valence-corrected chi connectivity index (χ4v) is 4.43. The summed E-state index contributed by atoms with van der Waals surface area (Å²) in [6.07, 6.45) is -0.0445. The Balaban J connectivity index is 1.51. The van der Waals surface area contributed by atoms with Crippen LogP contribution in [0.15, 0.2) is 18.5 Å². The van der Waals surface area contributed by atoms with E-state index in [-0.39, 0.29) is 23.3 Å². The first-order valence-electron chi connectivity index (χ1n) is 8.79. The number of aryl methyl sites for hydroxylation is 2. The van der Waals surface area contributed by atoms with E-state index >= 15 is 0 Å². The summed E-state index contributed by atoms with van der Waals surface area (Å²) in [7, 11) is 0. The molecule has 1 fully saturated rings. The molecule has 4 rings (SSSR count). The third kappa shape index (κ3) is 3.31. The van der Waals surface area contributed by atoms with E-state index in [1.54, 1.807) is 0 Å². The Hall–Kier alpha value is -2.42. The average Bonchev–Trinajstić information content (AvgIpc) is 3.27. The molecule has 0 radical (unpaired) electrons. The number of hydrogen-bond donors (Lipinski definition) is 0. The monoisotopic (exact) mass is 391 g/mol. The van der Waals surface area contributed by atoms with Gasteiger partial charge in [-0.25, -0.2) is 13.8 Å². The van der Waals surface area contributed by atoms with Gasteiger partial charge in [-0.05, 0) is 44.4 Å². The molecule has 0 aromatic carbocycles. The maximum absolute atomic E-state index is 13.3. The predicted molar refractivity (Wildman–Crippen MR) is 97.4 cm³/mol. The molecule has 1 aliphatic heterocycles. The Morgan fingerprint density at radius 2 is 2.00 bits per heavy atom. The zero-order valence-electron chi connectivity index (χ0n) is 15.0. The maximum Gasteiger partial charge on any atom is 0.280 e. The summed E-state index contributed by atoms with van der Waals surface area (Å²) in [5.74, 6) is 0.259. The smallest absolute Gasteiger partial charge is 0.280 e. The van der Waals surface area contributed by atoms with Gasteiger partial charge in [-0.15, -0.1) is 11.3 Å². The van der Waals surface area contributed by atoms with Crippen LogP contribution in [0.4, 0.5) is 8.78 Å². The topological polar surface area (TPSA) is 63.4 Å². The second-order valence-electron chi connectivity index (χ2n) is 6.79. The SMILES string of the molecule is Cc1cc(C(=O)N2CCC(c3cc(C(F)F)n4ncnc4n3)CC2)sc1C. The van der Waals surface area contributed by atoms with Gasteiger partial charge >= 0.3 is 0 Å². The lowest BCUT2D eigenvalue weighted by Gasteiger charge is -2.31. The minimum atomic E-state index is -2.65. The van der Waals surface area contributed by atoms with Gasteiger partial charge in [-0.3, -0.25) is 4.79 Å². The number of thiophene rings is 1. The number of alkyl halides is 2. The highest BCUT2D eigenvalue weighted by Gasteiger charge is 2.28. The number of rotatable bonds is 3. The van der Waals surface area contributed by atoms with Crippen molar-refractivity contribution in [2.75, 3.05) is 13.1 Å². The van der Waals surface area contributed by atoms with Gasteiger partial charge in [0.05, 0.1) is 4.88 Å². The highest BCUT2D eigenvalue weighted by Crippen LogP contribution is 2.31. The molecule has 142 valence electrons. The minimum Gasteiger partial charge on any atom is -0.338 e. The minimum absolute atomic E-state index is 0.0278. The third-order valence-electron chi connectivity index (χ3n) is 5.10. The number of hydrogen-bond acceptors (Lipinski definition) is 5. The fourth-order valence-electron chi connectivity index (χ4n) is 3.43. The molecule has 0 atom stereocenters. The van der Waals surface area contributed by atoms with Gasteiger partial charge < -0.3 is 4.90 Å². The van der Waals surface area contributed by atoms with Gasteiger partial charge in [0.25, 0.3) is 18.1 Å². The average molecular weight is 391 g/mol. The van der Waals surface area contributed by atoms with Crippen molar-refractivity contribution in [3.63, 3.8) is 0 Å². The van der Waals surface area contributed by atoms with Crippen LogP contribution in [0, 0.1) is 13.8 Å². The molecule has 0 N–H and O–H groups in total. The van der Waals surface area contributed by atoms with Crippen LogP contribution in [-0.2, 0) is 0 Å². The standard InChI is InChI=1S/C18H19F2N5OS/c1-10-7-15(27-11(10)2)17(26)24-5-3-12(4-6-24)13-8-14(16(19)20)25-18(23-13)21-9-22-25/h7-9,12,16H,3-6H2,1-2H3. The summed E-state index contributed by atoms with van der Waals surface area (Å²) >= 11 is 1.52. The van der Waals surface area contributed by atoms with Crippen LogP contribution >= 0.6 is 11.3 Å². The molecule has 1 saturated heterocycles. The number of fused-ring (bicyclic) bond motifs is 1. The van der Waals surface area contributed by atoms with Gasteiger partial charge in [0.15, 0.2) is 0 Å². The fraction of sp³-hybridized carbons (Fsp3) is 0.444. The van der Waals surface area contributed by atoms with Crippen LogP contribution in [0.25, 0.3) is 5.78 Å². The summed E-state index contributed by atoms with van der Waals surface area (Å²) in [4.78, 5) is 24.8. The molecular weight excluding hydrogens is 372 g/mol. The van der Waals surface area contributed by atoms with E-state index < -0.39 is 6.43 Å². The van der Waals surface area contributed by atoms with Crippen LogP contribution in [-0.4, -0.2) is 43.5 Å². The van der Waals surface area contributed by atoms with Gasteiger partial charge in [0.1, 0.15) is 12.0 Å². The predicted octanol–water partition coefficient (Wildman–Crippen LogP) is 3.76. The van der Waals surface area contributed by atoms with Crippen molar-refractivity contribution in [1.82, 2.24) is 24.5 Å². The molecule has 0 saturated carbocycles. The third-order valence-corrected chi connectivity index (χ3v) is 6.24. The van der Waals surface area contributed by atoms with Crippen molar-refractivity contribution >= 4 is 23.0 Å². The summed E-state index contributed by atoms with van der Waals surface area (Å²) in [5, 5.41) is 3.82. The van der Waals surface area contributed by atoms with Gasteiger partial charge in [0, 0.05) is 29.6 Å². The number of aromatic nitrogens is 4. The van der Waals surface area contributed by atoms with Crippen molar-refractivity contribution in [3.05, 3.63) is 45.2 Å². The van der Waals surface area contributed by atoms with E-state index in [1.807, 2.05) is 24.8 Å². The van der Waals surface area contributed by atoms with E-state index in [0.29, 0.717) is 31.6 Å². The van der Waals surface area contributed by atoms with E-state index in [0.717, 1.165) is 19.8 Å². The Morgan fingerprint density at radius 3 is 2.63 bits per heavy atom. The number of piperidine rings is 1. The van der Waals surface area contributed by atoms with Crippen LogP contribution in [0.3, 0.4) is 0 Å². The van der Waals surface area contributed by atoms with Crippen molar-refractivity contribution in [1.29, 1.82) is 0 Å². The second kappa shape index (κ2) is 6.95. The van der Waals surface area contributed by atoms with E-state index in [9.17, 15) is 13.6 Å². The summed E-state index contributed by atoms with van der Waals surface area (Å²) < 4.78 is 27.8. The van der Waals surface area contributed by atoms with Gasteiger partial charge in [0.2, 0.25) is 0 Å². The van der Waals surface area contributed by atoms with Crippen molar-refractivity contribution in [2.24, 2.45) is 0 Å². The molecular formula is C18H19F2N5OS. The number of carbonyl (C=O) groups excluding carboxylic acids is 1. The molecule has 0 spiro atoms. The molecule has 3 aromatic heterocycles. The van der Waals surface area contributed by atoms with Crippen LogP contribution < -0.4 is 0 Å². The number of carbonyl (C=O) groups is 1. The van der Waals surface area contributed by atoms with Crippen molar-refractivity contribution in [3.8, 4) is 0 Å². The van der Waals surface area contributed by atoms with Crippen LogP contribution in [0.5, 0.6) is 0 Å². The summed E-state index contributed by atoms with van der Waals surface area (Å²) in [5.41, 5.74) is 1.53. The molecule has 0 aliphatic carbocycles. The molecule has 4 heterocycles. The molecule has 27 heavy (non-hydrogen) atoms. The number of halogens is 2. The van der Waals surface area contributed by atoms with Crippen molar-refractivity contribution in [2.45, 2.75) is 39.0 Å². The lowest BCUT2D eigenvalue weighted by Crippen LogP contribution is -2.37. The van der Waals surface area contributed by atoms with Crippen LogP contribution in [0.2, 0.25) is 0 Å². The number of amides is 1. The van der Waals surface area contributed by atoms with Gasteiger partial charge in [-0.2, -0.15) is 14.6 Å². The van der Waals surface area contributed by atoms with E-state index in [4.69, 9.17) is 0 Å². The molecule has 9 heteroatoms. The summed E-state index contributed by atoms with van der Waals surface area (Å²) in [6.45, 7) is 5.18. The maximum atomic E-state index is 13.3. The van der Waals surface area contributed by atoms with Gasteiger partial charge in [-0.1, -0.05) is 0 Å². The first-order chi connectivity index (χ1) is 12.9. The highest BCUT2D eigenvalue weighted by atomic mass is 32.1. The summed E-state index contributed by atoms with van der Waals surface area (Å²) in [6, 6.07) is 3.35. The molecule has 1 aliphatic rings. The Bertz CT molecular complexity index is 971. The van der Waals surface area contributed by atoms with Crippen molar-refractivity contribution < 1.29 is 13.6 Å². The second-order valence-corrected chi connectivity index (χ2v) is 8.05. The normalized spacial score (nSPS) is 15.8. The molecule has 0 bridgehead atoms. The highest BCUT2D eigenvalue weighted by molar-refractivity contribution is 7.14. The Labute approximate surface area is 158 Å². The lowest BCUT2D eigenvalue weighted by atomic mass is 9.92. The molecule has 6 nitrogen and oxygen atoms in total. The molecule has 1 amide bonds. The Morgan fingerprint density at radius 1 is 1.26 bits per heavy atom. The van der Waals surface area contributed by atoms with E-state index in [2.05, 4.69) is 15.1 Å². The molecule has 3 aromatic rings. The van der Waals surface area contributed by atoms with E-state index in [1.165, 1.54) is 23.7 Å². The van der Waals surface area contributed by atoms with Crippen LogP contribution in [0.1, 0.15) is 56.7 Å². The first kappa shape index (κ1) is 18.0. The largest absolute Gasteiger partial charge is 0.338 e.